The second-order valence-electron chi connectivity index (χ2n) is 7.10. The summed E-state index contributed by atoms with van der Waals surface area (Å²) in [6.45, 7) is 1.24. The molecule has 1 aromatic heterocycles. The average molecular weight is 440 g/mol. The number of urea groups is 1. The Morgan fingerprint density at radius 1 is 1.06 bits per heavy atom. The quantitative estimate of drug-likeness (QED) is 0.539. The molecule has 1 atom stereocenters. The SMILES string of the molecule is O=C(NCC1CCCO1)Nc1ccc(NC(=O)c2ccn(-c3ccccc3Cl)n2)cc1. The topological polar surface area (TPSA) is 97.3 Å². The van der Waals surface area contributed by atoms with Crippen LogP contribution in [0, 0.1) is 0 Å². The number of nitrogens with zero attached hydrogens (tertiary/aromatic N) is 2. The molecule has 0 saturated carbocycles. The molecule has 1 fully saturated rings. The number of hydrogen-bond acceptors (Lipinski definition) is 4. The van der Waals surface area contributed by atoms with E-state index in [1.165, 1.54) is 0 Å². The van der Waals surface area contributed by atoms with E-state index >= 15 is 0 Å². The second-order valence-corrected chi connectivity index (χ2v) is 7.51. The summed E-state index contributed by atoms with van der Waals surface area (Å²) in [5.41, 5.74) is 2.15. The Morgan fingerprint density at radius 2 is 1.81 bits per heavy atom. The van der Waals surface area contributed by atoms with E-state index < -0.39 is 0 Å². The number of benzene rings is 2. The van der Waals surface area contributed by atoms with Gasteiger partial charge < -0.3 is 20.7 Å². The zero-order valence-corrected chi connectivity index (χ0v) is 17.4. The van der Waals surface area contributed by atoms with Gasteiger partial charge in [0.25, 0.3) is 5.91 Å². The Kier molecular flexibility index (Phi) is 6.49. The van der Waals surface area contributed by atoms with Crippen LogP contribution in [0.25, 0.3) is 5.69 Å². The Bertz CT molecular complexity index is 1060. The van der Waals surface area contributed by atoms with Crippen LogP contribution < -0.4 is 16.0 Å². The Morgan fingerprint density at radius 3 is 2.52 bits per heavy atom. The van der Waals surface area contributed by atoms with Gasteiger partial charge in [-0.15, -0.1) is 0 Å². The number of anilines is 2. The van der Waals surface area contributed by atoms with Crippen molar-refractivity contribution in [3.63, 3.8) is 0 Å². The first-order chi connectivity index (χ1) is 15.1. The highest BCUT2D eigenvalue weighted by molar-refractivity contribution is 6.32. The number of para-hydroxylation sites is 1. The zero-order valence-electron chi connectivity index (χ0n) is 16.7. The van der Waals surface area contributed by atoms with Crippen molar-refractivity contribution in [3.05, 3.63) is 71.5 Å². The molecular formula is C22H22ClN5O3. The third-order valence-electron chi connectivity index (χ3n) is 4.84. The van der Waals surface area contributed by atoms with Crippen LogP contribution in [0.15, 0.2) is 60.8 Å². The Labute approximate surface area is 184 Å². The van der Waals surface area contributed by atoms with E-state index in [2.05, 4.69) is 21.0 Å². The van der Waals surface area contributed by atoms with Gasteiger partial charge in [-0.05, 0) is 55.3 Å². The second kappa shape index (κ2) is 9.63. The fourth-order valence-corrected chi connectivity index (χ4v) is 3.46. The summed E-state index contributed by atoms with van der Waals surface area (Å²) in [5, 5.41) is 13.2. The molecule has 0 bridgehead atoms. The highest BCUT2D eigenvalue weighted by atomic mass is 35.5. The van der Waals surface area contributed by atoms with Gasteiger partial charge in [0.2, 0.25) is 0 Å². The van der Waals surface area contributed by atoms with Crippen molar-refractivity contribution < 1.29 is 14.3 Å². The highest BCUT2D eigenvalue weighted by Crippen LogP contribution is 2.20. The van der Waals surface area contributed by atoms with Gasteiger partial charge >= 0.3 is 6.03 Å². The summed E-state index contributed by atoms with van der Waals surface area (Å²) in [6.07, 6.45) is 3.76. The van der Waals surface area contributed by atoms with Crippen LogP contribution in [0.2, 0.25) is 5.02 Å². The predicted octanol–water partition coefficient (Wildman–Crippen LogP) is 4.08. The molecule has 3 aromatic rings. The van der Waals surface area contributed by atoms with E-state index in [4.69, 9.17) is 16.3 Å². The molecule has 3 N–H and O–H groups in total. The van der Waals surface area contributed by atoms with Crippen molar-refractivity contribution in [2.75, 3.05) is 23.8 Å². The molecule has 1 aliphatic rings. The molecule has 0 aliphatic carbocycles. The van der Waals surface area contributed by atoms with E-state index in [0.29, 0.717) is 28.6 Å². The van der Waals surface area contributed by atoms with Gasteiger partial charge in [0.15, 0.2) is 5.69 Å². The first kappa shape index (κ1) is 20.9. The van der Waals surface area contributed by atoms with Crippen LogP contribution in [-0.2, 0) is 4.74 Å². The summed E-state index contributed by atoms with van der Waals surface area (Å²) in [4.78, 5) is 24.5. The fraction of sp³-hybridized carbons (Fsp3) is 0.227. The molecule has 2 aromatic carbocycles. The number of carbonyl (C=O) groups excluding carboxylic acids is 2. The van der Waals surface area contributed by atoms with E-state index in [1.54, 1.807) is 47.3 Å². The van der Waals surface area contributed by atoms with Crippen LogP contribution in [0.4, 0.5) is 16.2 Å². The minimum absolute atomic E-state index is 0.0877. The van der Waals surface area contributed by atoms with Crippen molar-refractivity contribution in [2.45, 2.75) is 18.9 Å². The van der Waals surface area contributed by atoms with E-state index in [0.717, 1.165) is 19.4 Å². The molecule has 3 amide bonds. The first-order valence-electron chi connectivity index (χ1n) is 9.97. The maximum absolute atomic E-state index is 12.5. The van der Waals surface area contributed by atoms with Crippen LogP contribution >= 0.6 is 11.6 Å². The molecule has 4 rings (SSSR count). The molecule has 160 valence electrons. The molecule has 0 spiro atoms. The predicted molar refractivity (Wildman–Crippen MR) is 119 cm³/mol. The largest absolute Gasteiger partial charge is 0.376 e. The average Bonchev–Trinajstić information content (AvgIpc) is 3.46. The van der Waals surface area contributed by atoms with E-state index in [9.17, 15) is 9.59 Å². The number of amides is 3. The monoisotopic (exact) mass is 439 g/mol. The lowest BCUT2D eigenvalue weighted by molar-refractivity contribution is 0.102. The normalized spacial score (nSPS) is 15.5. The fourth-order valence-electron chi connectivity index (χ4n) is 3.24. The standard InChI is InChI=1S/C22H22ClN5O3/c23-18-5-1-2-6-20(18)28-12-11-19(27-28)21(29)25-15-7-9-16(10-8-15)26-22(30)24-14-17-4-3-13-31-17/h1-2,5-12,17H,3-4,13-14H2,(H,25,29)(H2,24,26,30). The number of ether oxygens (including phenoxy) is 1. The Hall–Kier alpha value is -3.36. The minimum atomic E-state index is -0.346. The van der Waals surface area contributed by atoms with Gasteiger partial charge in [-0.3, -0.25) is 4.79 Å². The number of aromatic nitrogens is 2. The van der Waals surface area contributed by atoms with Crippen molar-refractivity contribution in [1.82, 2.24) is 15.1 Å². The number of halogens is 1. The Balaban J connectivity index is 1.31. The molecule has 2 heterocycles. The van der Waals surface area contributed by atoms with Crippen molar-refractivity contribution in [2.24, 2.45) is 0 Å². The van der Waals surface area contributed by atoms with Gasteiger partial charge in [-0.25, -0.2) is 9.48 Å². The highest BCUT2D eigenvalue weighted by Gasteiger charge is 2.16. The number of carbonyl (C=O) groups is 2. The van der Waals surface area contributed by atoms with E-state index in [-0.39, 0.29) is 23.7 Å². The van der Waals surface area contributed by atoms with Crippen molar-refractivity contribution in [3.8, 4) is 5.69 Å². The lowest BCUT2D eigenvalue weighted by Crippen LogP contribution is -2.35. The molecule has 1 aliphatic heterocycles. The smallest absolute Gasteiger partial charge is 0.319 e. The first-order valence-corrected chi connectivity index (χ1v) is 10.3. The van der Waals surface area contributed by atoms with Gasteiger partial charge in [0, 0.05) is 30.7 Å². The van der Waals surface area contributed by atoms with E-state index in [1.807, 2.05) is 18.2 Å². The summed E-state index contributed by atoms with van der Waals surface area (Å²) < 4.78 is 7.03. The molecule has 8 nitrogen and oxygen atoms in total. The minimum Gasteiger partial charge on any atom is -0.376 e. The molecular weight excluding hydrogens is 418 g/mol. The molecule has 9 heteroatoms. The molecule has 31 heavy (non-hydrogen) atoms. The zero-order chi connectivity index (χ0) is 21.6. The molecule has 1 saturated heterocycles. The van der Waals surface area contributed by atoms with Crippen LogP contribution in [0.1, 0.15) is 23.3 Å². The summed E-state index contributed by atoms with van der Waals surface area (Å²) in [7, 11) is 0. The number of hydrogen-bond donors (Lipinski definition) is 3. The van der Waals surface area contributed by atoms with Gasteiger partial charge in [0.05, 0.1) is 16.8 Å². The van der Waals surface area contributed by atoms with Crippen LogP contribution in [0.5, 0.6) is 0 Å². The van der Waals surface area contributed by atoms with Gasteiger partial charge in [-0.2, -0.15) is 5.10 Å². The van der Waals surface area contributed by atoms with Crippen molar-refractivity contribution in [1.29, 1.82) is 0 Å². The molecule has 1 unspecified atom stereocenters. The van der Waals surface area contributed by atoms with Crippen LogP contribution in [-0.4, -0.2) is 41.0 Å². The van der Waals surface area contributed by atoms with Crippen molar-refractivity contribution >= 4 is 34.9 Å². The number of rotatable bonds is 6. The molecule has 0 radical (unpaired) electrons. The summed E-state index contributed by atoms with van der Waals surface area (Å²) in [5.74, 6) is -0.346. The van der Waals surface area contributed by atoms with Gasteiger partial charge in [0.1, 0.15) is 0 Å². The maximum atomic E-state index is 12.5. The summed E-state index contributed by atoms with van der Waals surface area (Å²) in [6, 6.07) is 15.4. The third-order valence-corrected chi connectivity index (χ3v) is 5.16. The maximum Gasteiger partial charge on any atom is 0.319 e. The third kappa shape index (κ3) is 5.42. The number of nitrogens with one attached hydrogen (secondary N) is 3. The lowest BCUT2D eigenvalue weighted by Gasteiger charge is -2.12. The summed E-state index contributed by atoms with van der Waals surface area (Å²) >= 11 is 6.18. The van der Waals surface area contributed by atoms with Gasteiger partial charge in [-0.1, -0.05) is 23.7 Å². The van der Waals surface area contributed by atoms with Crippen LogP contribution in [0.3, 0.4) is 0 Å². The lowest BCUT2D eigenvalue weighted by atomic mass is 10.2.